The van der Waals surface area contributed by atoms with Gasteiger partial charge in [-0.15, -0.1) is 5.48 Å². The van der Waals surface area contributed by atoms with Crippen molar-refractivity contribution in [3.8, 4) is 0 Å². The largest absolute Gasteiger partial charge is 0.416 e. The number of hydrogen-bond donors (Lipinski definition) is 1. The Bertz CT molecular complexity index is 771. The molecule has 0 saturated carbocycles. The van der Waals surface area contributed by atoms with Gasteiger partial charge in [0.15, 0.2) is 6.17 Å². The number of hydroxylamine groups is 1. The van der Waals surface area contributed by atoms with Gasteiger partial charge in [-0.3, -0.25) is 4.98 Å². The van der Waals surface area contributed by atoms with Crippen LogP contribution in [0.5, 0.6) is 0 Å². The molecule has 1 N–H and O–H groups in total. The molecule has 1 unspecified atom stereocenters. The SMILES string of the molecule is Cc1cnccc1C1N=C(c2ccc(C)c(C(F)(F)F)c2)ON1. The number of hydrogen-bond acceptors (Lipinski definition) is 4. The molecular formula is C16H14F3N3O. The molecule has 0 saturated heterocycles. The number of alkyl halides is 3. The number of pyridine rings is 1. The molecule has 1 aromatic heterocycles. The molecule has 7 heteroatoms. The van der Waals surface area contributed by atoms with Gasteiger partial charge >= 0.3 is 6.18 Å². The molecule has 1 atom stereocenters. The summed E-state index contributed by atoms with van der Waals surface area (Å²) in [4.78, 5) is 13.6. The van der Waals surface area contributed by atoms with Gasteiger partial charge in [0.2, 0.25) is 5.90 Å². The molecule has 23 heavy (non-hydrogen) atoms. The first-order valence-electron chi connectivity index (χ1n) is 6.95. The van der Waals surface area contributed by atoms with E-state index in [-0.39, 0.29) is 17.0 Å². The van der Waals surface area contributed by atoms with Gasteiger partial charge in [0, 0.05) is 18.0 Å². The third-order valence-corrected chi connectivity index (χ3v) is 3.66. The number of halogens is 3. The van der Waals surface area contributed by atoms with Crippen LogP contribution in [0.15, 0.2) is 41.7 Å². The number of aliphatic imine (C=N–C) groups is 1. The second kappa shape index (κ2) is 5.66. The molecule has 0 bridgehead atoms. The second-order valence-corrected chi connectivity index (χ2v) is 5.32. The van der Waals surface area contributed by atoms with Crippen molar-refractivity contribution in [2.45, 2.75) is 26.2 Å². The molecule has 1 aliphatic heterocycles. The lowest BCUT2D eigenvalue weighted by atomic mass is 10.0. The summed E-state index contributed by atoms with van der Waals surface area (Å²) >= 11 is 0. The van der Waals surface area contributed by atoms with Gasteiger partial charge < -0.3 is 4.84 Å². The summed E-state index contributed by atoms with van der Waals surface area (Å²) in [6.45, 7) is 3.30. The Hall–Kier alpha value is -2.41. The van der Waals surface area contributed by atoms with Crippen LogP contribution in [0.3, 0.4) is 0 Å². The smallest absolute Gasteiger partial charge is 0.386 e. The lowest BCUT2D eigenvalue weighted by Crippen LogP contribution is -2.16. The Balaban J connectivity index is 1.95. The van der Waals surface area contributed by atoms with E-state index in [9.17, 15) is 13.2 Å². The quantitative estimate of drug-likeness (QED) is 0.917. The van der Waals surface area contributed by atoms with E-state index < -0.39 is 17.9 Å². The molecule has 0 spiro atoms. The zero-order chi connectivity index (χ0) is 16.6. The maximum atomic E-state index is 13.0. The van der Waals surface area contributed by atoms with Crippen molar-refractivity contribution < 1.29 is 18.0 Å². The summed E-state index contributed by atoms with van der Waals surface area (Å²) in [6, 6.07) is 5.82. The van der Waals surface area contributed by atoms with Crippen LogP contribution in [0.4, 0.5) is 13.2 Å². The number of rotatable bonds is 2. The standard InChI is InChI=1S/C16H14F3N3O/c1-9-3-4-11(7-13(9)16(17,18)19)15-21-14(22-23-15)12-5-6-20-8-10(12)2/h3-8,14,22H,1-2H3. The van der Waals surface area contributed by atoms with E-state index in [1.54, 1.807) is 24.5 Å². The molecule has 4 nitrogen and oxygen atoms in total. The van der Waals surface area contributed by atoms with Gasteiger partial charge in [0.25, 0.3) is 0 Å². The molecule has 1 aromatic carbocycles. The number of benzene rings is 1. The van der Waals surface area contributed by atoms with Crippen molar-refractivity contribution in [2.75, 3.05) is 0 Å². The Morgan fingerprint density at radius 1 is 1.13 bits per heavy atom. The van der Waals surface area contributed by atoms with Crippen LogP contribution in [0.25, 0.3) is 0 Å². The first-order chi connectivity index (χ1) is 10.9. The van der Waals surface area contributed by atoms with Crippen LogP contribution in [0, 0.1) is 13.8 Å². The number of aromatic nitrogens is 1. The number of nitrogens with zero attached hydrogens (tertiary/aromatic N) is 2. The molecule has 3 rings (SSSR count). The maximum absolute atomic E-state index is 13.0. The van der Waals surface area contributed by atoms with E-state index >= 15 is 0 Å². The lowest BCUT2D eigenvalue weighted by molar-refractivity contribution is -0.138. The fourth-order valence-corrected chi connectivity index (χ4v) is 2.40. The minimum Gasteiger partial charge on any atom is -0.386 e. The van der Waals surface area contributed by atoms with Crippen molar-refractivity contribution in [1.29, 1.82) is 0 Å². The fraction of sp³-hybridized carbons (Fsp3) is 0.250. The van der Waals surface area contributed by atoms with Gasteiger partial charge in [0.05, 0.1) is 5.56 Å². The summed E-state index contributed by atoms with van der Waals surface area (Å²) < 4.78 is 39.0. The van der Waals surface area contributed by atoms with Gasteiger partial charge in [-0.2, -0.15) is 13.2 Å². The van der Waals surface area contributed by atoms with E-state index in [4.69, 9.17) is 4.84 Å². The summed E-state index contributed by atoms with van der Waals surface area (Å²) in [6.07, 6.45) is -1.56. The highest BCUT2D eigenvalue weighted by atomic mass is 19.4. The van der Waals surface area contributed by atoms with Crippen LogP contribution < -0.4 is 5.48 Å². The van der Waals surface area contributed by atoms with Gasteiger partial charge in [-0.05, 0) is 48.7 Å². The molecule has 0 fully saturated rings. The predicted molar refractivity (Wildman–Crippen MR) is 78.7 cm³/mol. The highest BCUT2D eigenvalue weighted by Gasteiger charge is 2.33. The van der Waals surface area contributed by atoms with Crippen molar-refractivity contribution in [1.82, 2.24) is 10.5 Å². The summed E-state index contributed by atoms with van der Waals surface area (Å²) in [5, 5.41) is 0. The minimum absolute atomic E-state index is 0.136. The first-order valence-corrected chi connectivity index (χ1v) is 6.95. The average molecular weight is 321 g/mol. The highest BCUT2D eigenvalue weighted by Crippen LogP contribution is 2.33. The van der Waals surface area contributed by atoms with E-state index in [2.05, 4.69) is 15.5 Å². The van der Waals surface area contributed by atoms with E-state index in [0.29, 0.717) is 0 Å². The number of nitrogens with one attached hydrogen (secondary N) is 1. The van der Waals surface area contributed by atoms with Gasteiger partial charge in [-0.1, -0.05) is 6.07 Å². The zero-order valence-corrected chi connectivity index (χ0v) is 12.5. The monoisotopic (exact) mass is 321 g/mol. The van der Waals surface area contributed by atoms with E-state index in [1.807, 2.05) is 6.92 Å². The fourth-order valence-electron chi connectivity index (χ4n) is 2.40. The maximum Gasteiger partial charge on any atom is 0.416 e. The summed E-state index contributed by atoms with van der Waals surface area (Å²) in [5.41, 5.74) is 4.25. The summed E-state index contributed by atoms with van der Waals surface area (Å²) in [5.74, 6) is 0.136. The van der Waals surface area contributed by atoms with Crippen molar-refractivity contribution in [3.05, 3.63) is 64.5 Å². The average Bonchev–Trinajstić information content (AvgIpc) is 2.96. The second-order valence-electron chi connectivity index (χ2n) is 5.32. The molecule has 0 radical (unpaired) electrons. The van der Waals surface area contributed by atoms with Crippen molar-refractivity contribution in [3.63, 3.8) is 0 Å². The molecule has 0 amide bonds. The van der Waals surface area contributed by atoms with E-state index in [1.165, 1.54) is 13.0 Å². The highest BCUT2D eigenvalue weighted by molar-refractivity contribution is 5.95. The Morgan fingerprint density at radius 3 is 2.61 bits per heavy atom. The Labute approximate surface area is 131 Å². The molecule has 2 aromatic rings. The van der Waals surface area contributed by atoms with Crippen molar-refractivity contribution in [2.24, 2.45) is 4.99 Å². The molecular weight excluding hydrogens is 307 g/mol. The summed E-state index contributed by atoms with van der Waals surface area (Å²) in [7, 11) is 0. The van der Waals surface area contributed by atoms with E-state index in [0.717, 1.165) is 17.2 Å². The van der Waals surface area contributed by atoms with Crippen LogP contribution in [-0.4, -0.2) is 10.9 Å². The topological polar surface area (TPSA) is 46.5 Å². The Kier molecular flexibility index (Phi) is 3.81. The predicted octanol–water partition coefficient (Wildman–Crippen LogP) is 3.70. The first kappa shape index (κ1) is 15.5. The number of aryl methyl sites for hydroxylation is 2. The molecule has 1 aliphatic rings. The zero-order valence-electron chi connectivity index (χ0n) is 12.5. The third kappa shape index (κ3) is 3.05. The van der Waals surface area contributed by atoms with Crippen LogP contribution in [0.1, 0.15) is 34.0 Å². The minimum atomic E-state index is -4.41. The lowest BCUT2D eigenvalue weighted by Gasteiger charge is -2.11. The van der Waals surface area contributed by atoms with Gasteiger partial charge in [-0.25, -0.2) is 4.99 Å². The molecule has 2 heterocycles. The van der Waals surface area contributed by atoms with Gasteiger partial charge in [0.1, 0.15) is 0 Å². The van der Waals surface area contributed by atoms with Crippen molar-refractivity contribution >= 4 is 5.90 Å². The molecule has 0 aliphatic carbocycles. The molecule has 120 valence electrons. The van der Waals surface area contributed by atoms with Crippen LogP contribution in [0.2, 0.25) is 0 Å². The van der Waals surface area contributed by atoms with Crippen LogP contribution in [-0.2, 0) is 11.0 Å². The Morgan fingerprint density at radius 2 is 1.91 bits per heavy atom. The van der Waals surface area contributed by atoms with Crippen LogP contribution >= 0.6 is 0 Å². The normalized spacial score (nSPS) is 17.8. The third-order valence-electron chi connectivity index (χ3n) is 3.66.